The Bertz CT molecular complexity index is 1330. The molecule has 0 radical (unpaired) electrons. The summed E-state index contributed by atoms with van der Waals surface area (Å²) < 4.78 is 5.39. The van der Waals surface area contributed by atoms with Crippen molar-refractivity contribution in [3.63, 3.8) is 0 Å². The molecule has 1 aromatic carbocycles. The van der Waals surface area contributed by atoms with Gasteiger partial charge < -0.3 is 30.9 Å². The molecule has 0 bridgehead atoms. The third-order valence-corrected chi connectivity index (χ3v) is 8.07. The number of aliphatic hydroxyl groups excluding tert-OH is 2. The van der Waals surface area contributed by atoms with Crippen LogP contribution in [-0.2, 0) is 33.9 Å². The number of rotatable bonds is 8. The molecule has 11 nitrogen and oxygen atoms in total. The molecule has 0 fully saturated rings. The van der Waals surface area contributed by atoms with E-state index in [0.29, 0.717) is 29.8 Å². The smallest absolute Gasteiger partial charge is 0.255 e. The number of ketones is 2. The summed E-state index contributed by atoms with van der Waals surface area (Å²) in [6.07, 6.45) is 1.95. The summed E-state index contributed by atoms with van der Waals surface area (Å²) in [7, 11) is 6.53. The van der Waals surface area contributed by atoms with E-state index in [4.69, 9.17) is 10.5 Å². The second-order valence-electron chi connectivity index (χ2n) is 10.8. The average Bonchev–Trinajstić information content (AvgIpc) is 2.84. The highest BCUT2D eigenvalue weighted by molar-refractivity contribution is 6.24. The maximum Gasteiger partial charge on any atom is 0.255 e. The van der Waals surface area contributed by atoms with Gasteiger partial charge in [-0.2, -0.15) is 0 Å². The summed E-state index contributed by atoms with van der Waals surface area (Å²) in [4.78, 5) is 42.9. The number of likely N-dealkylation sites (N-methyl/N-ethyl adjacent to an activating group) is 2. The SMILES string of the molecule is C=CCN(C)Cc1cc(COC)c2c(c1O)C(=O)C1=C(O)[C@]3(O)C(=O)C(C(N)=O)=C(O)[C@@H](N(C)C)[C@@H]3C[C@@H]1C2. The van der Waals surface area contributed by atoms with Crippen molar-refractivity contribution in [1.82, 2.24) is 9.80 Å². The lowest BCUT2D eigenvalue weighted by Crippen LogP contribution is -2.63. The van der Waals surface area contributed by atoms with Gasteiger partial charge in [0.05, 0.1) is 18.2 Å². The maximum absolute atomic E-state index is 14.0. The summed E-state index contributed by atoms with van der Waals surface area (Å²) >= 11 is 0. The summed E-state index contributed by atoms with van der Waals surface area (Å²) in [5.41, 5.74) is 3.39. The van der Waals surface area contributed by atoms with Crippen molar-refractivity contribution in [1.29, 1.82) is 0 Å². The minimum Gasteiger partial charge on any atom is -0.510 e. The van der Waals surface area contributed by atoms with E-state index < -0.39 is 58.0 Å². The molecule has 0 unspecified atom stereocenters. The number of carbonyl (C=O) groups excluding carboxylic acids is 3. The van der Waals surface area contributed by atoms with Gasteiger partial charge in [-0.1, -0.05) is 6.08 Å². The molecule has 4 atom stereocenters. The van der Waals surface area contributed by atoms with E-state index in [1.54, 1.807) is 26.2 Å². The van der Waals surface area contributed by atoms with E-state index in [0.717, 1.165) is 0 Å². The average molecular weight is 542 g/mol. The van der Waals surface area contributed by atoms with Gasteiger partial charge in [0.15, 0.2) is 11.4 Å². The van der Waals surface area contributed by atoms with Crippen LogP contribution < -0.4 is 5.73 Å². The van der Waals surface area contributed by atoms with Gasteiger partial charge in [0, 0.05) is 37.3 Å². The Morgan fingerprint density at radius 3 is 2.46 bits per heavy atom. The van der Waals surface area contributed by atoms with Gasteiger partial charge in [0.1, 0.15) is 22.8 Å². The highest BCUT2D eigenvalue weighted by atomic mass is 16.5. The van der Waals surface area contributed by atoms with Gasteiger partial charge in [0.25, 0.3) is 5.91 Å². The van der Waals surface area contributed by atoms with Gasteiger partial charge in [-0.25, -0.2) is 0 Å². The van der Waals surface area contributed by atoms with Gasteiger partial charge in [-0.3, -0.25) is 24.2 Å². The van der Waals surface area contributed by atoms with Crippen molar-refractivity contribution in [2.24, 2.45) is 17.6 Å². The fraction of sp³-hybridized carbons (Fsp3) is 0.464. The van der Waals surface area contributed by atoms with Crippen molar-refractivity contribution in [2.75, 3.05) is 34.8 Å². The molecular formula is C28H35N3O8. The monoisotopic (exact) mass is 541 g/mol. The van der Waals surface area contributed by atoms with Crippen LogP contribution in [0.5, 0.6) is 5.75 Å². The van der Waals surface area contributed by atoms with E-state index in [1.165, 1.54) is 12.0 Å². The molecule has 0 aliphatic heterocycles. The Hall–Kier alpha value is -3.51. The number of aliphatic hydroxyl groups is 3. The topological polar surface area (TPSA) is 174 Å². The maximum atomic E-state index is 14.0. The molecule has 3 aliphatic carbocycles. The molecule has 0 heterocycles. The van der Waals surface area contributed by atoms with Crippen molar-refractivity contribution in [3.05, 3.63) is 63.6 Å². The summed E-state index contributed by atoms with van der Waals surface area (Å²) in [6, 6.07) is 0.753. The minimum absolute atomic E-state index is 0.0210. The molecule has 11 heteroatoms. The second kappa shape index (κ2) is 10.2. The van der Waals surface area contributed by atoms with Gasteiger partial charge in [-0.05, 0) is 57.1 Å². The summed E-state index contributed by atoms with van der Waals surface area (Å²) in [6.45, 7) is 4.71. The fourth-order valence-corrected chi connectivity index (χ4v) is 6.44. The lowest BCUT2D eigenvalue weighted by molar-refractivity contribution is -0.148. The number of ether oxygens (including phenoxy) is 1. The first-order valence-corrected chi connectivity index (χ1v) is 12.6. The Labute approximate surface area is 226 Å². The van der Waals surface area contributed by atoms with Crippen LogP contribution in [0.4, 0.5) is 0 Å². The van der Waals surface area contributed by atoms with Crippen LogP contribution in [0.3, 0.4) is 0 Å². The number of nitrogens with two attached hydrogens (primary N) is 1. The van der Waals surface area contributed by atoms with Crippen LogP contribution >= 0.6 is 0 Å². The van der Waals surface area contributed by atoms with Crippen LogP contribution in [0, 0.1) is 11.8 Å². The number of allylic oxidation sites excluding steroid dienone is 1. The number of phenolic OH excluding ortho intramolecular Hbond substituents is 1. The van der Waals surface area contributed by atoms with Crippen molar-refractivity contribution < 1.29 is 39.5 Å². The number of nitrogens with zero attached hydrogens (tertiary/aromatic N) is 2. The zero-order valence-electron chi connectivity index (χ0n) is 22.5. The summed E-state index contributed by atoms with van der Waals surface area (Å²) in [5, 5.41) is 45.3. The first-order valence-electron chi connectivity index (χ1n) is 12.6. The molecule has 0 saturated carbocycles. The third-order valence-electron chi connectivity index (χ3n) is 8.07. The molecule has 0 aromatic heterocycles. The minimum atomic E-state index is -2.67. The number of hydrogen-bond donors (Lipinski definition) is 5. The molecule has 0 spiro atoms. The number of primary amides is 1. The number of phenols is 1. The third kappa shape index (κ3) is 4.26. The number of methoxy groups -OCH3 is 1. The Kier molecular flexibility index (Phi) is 7.48. The summed E-state index contributed by atoms with van der Waals surface area (Å²) in [5.74, 6) is -6.69. The lowest BCUT2D eigenvalue weighted by atomic mass is 9.58. The standard InChI is InChI=1S/C28H35N3O8/c1-6-7-31(4)11-14-8-15(12-39-5)16-9-13-10-17-21(30(2)3)24(34)20(27(29)37)26(36)28(17,38)25(35)18(13)23(33)19(16)22(14)32/h6,8,13,17,21,32,34-35,38H,1,7,9-12H2,2-5H3,(H2,29,37)/t13-,17-,21-,28-/m0/s1. The lowest BCUT2D eigenvalue weighted by Gasteiger charge is -2.50. The van der Waals surface area contributed by atoms with E-state index in [2.05, 4.69) is 6.58 Å². The predicted molar refractivity (Wildman–Crippen MR) is 141 cm³/mol. The quantitative estimate of drug-likeness (QED) is 0.235. The molecule has 1 aromatic rings. The molecular weight excluding hydrogens is 506 g/mol. The number of Topliss-reactive ketones (excluding diaryl/α,β-unsaturated/α-hetero) is 2. The van der Waals surface area contributed by atoms with Gasteiger partial charge >= 0.3 is 0 Å². The first kappa shape index (κ1) is 28.5. The van der Waals surface area contributed by atoms with E-state index in [1.807, 2.05) is 11.9 Å². The van der Waals surface area contributed by atoms with E-state index in [9.17, 15) is 34.8 Å². The van der Waals surface area contributed by atoms with Gasteiger partial charge in [0.2, 0.25) is 5.78 Å². The zero-order chi connectivity index (χ0) is 29.0. The molecule has 3 aliphatic rings. The Balaban J connectivity index is 1.93. The van der Waals surface area contributed by atoms with Crippen LogP contribution in [0.1, 0.15) is 33.5 Å². The molecule has 0 saturated heterocycles. The number of carbonyl (C=O) groups is 3. The van der Waals surface area contributed by atoms with Crippen molar-refractivity contribution in [3.8, 4) is 5.75 Å². The number of aromatic hydroxyl groups is 1. The molecule has 6 N–H and O–H groups in total. The van der Waals surface area contributed by atoms with Crippen LogP contribution in [-0.4, -0.2) is 94.1 Å². The number of fused-ring (bicyclic) bond motifs is 3. The Morgan fingerprint density at radius 1 is 1.23 bits per heavy atom. The highest BCUT2D eigenvalue weighted by Gasteiger charge is 2.63. The fourth-order valence-electron chi connectivity index (χ4n) is 6.44. The highest BCUT2D eigenvalue weighted by Crippen LogP contribution is 2.52. The number of hydrogen-bond acceptors (Lipinski definition) is 10. The normalized spacial score (nSPS) is 26.6. The van der Waals surface area contributed by atoms with Gasteiger partial charge in [-0.15, -0.1) is 6.58 Å². The molecule has 1 amide bonds. The predicted octanol–water partition coefficient (Wildman–Crippen LogP) is 0.885. The van der Waals surface area contributed by atoms with Crippen LogP contribution in [0.25, 0.3) is 0 Å². The number of benzene rings is 1. The number of amides is 1. The molecule has 4 rings (SSSR count). The van der Waals surface area contributed by atoms with Crippen molar-refractivity contribution in [2.45, 2.75) is 37.6 Å². The Morgan fingerprint density at radius 2 is 1.90 bits per heavy atom. The van der Waals surface area contributed by atoms with Crippen LogP contribution in [0.15, 0.2) is 41.4 Å². The van der Waals surface area contributed by atoms with Crippen molar-refractivity contribution >= 4 is 17.5 Å². The van der Waals surface area contributed by atoms with E-state index in [-0.39, 0.29) is 36.3 Å². The largest absolute Gasteiger partial charge is 0.510 e. The second-order valence-corrected chi connectivity index (χ2v) is 10.8. The van der Waals surface area contributed by atoms with Crippen LogP contribution in [0.2, 0.25) is 0 Å². The van der Waals surface area contributed by atoms with E-state index >= 15 is 0 Å². The zero-order valence-corrected chi connectivity index (χ0v) is 22.5. The first-order chi connectivity index (χ1) is 18.3. The molecule has 39 heavy (non-hydrogen) atoms. The molecule has 210 valence electrons.